The van der Waals surface area contributed by atoms with Crippen molar-refractivity contribution in [3.05, 3.63) is 27.4 Å². The highest BCUT2D eigenvalue weighted by atomic mass is 79.9. The molecule has 0 aliphatic rings. The van der Waals surface area contributed by atoms with Crippen molar-refractivity contribution in [3.8, 4) is 0 Å². The van der Waals surface area contributed by atoms with E-state index in [1.54, 1.807) is 0 Å². The Labute approximate surface area is 84.1 Å². The largest absolute Gasteiger partial charge is 0.302 e. The fourth-order valence-corrected chi connectivity index (χ4v) is 1.63. The topological polar surface area (TPSA) is 37.3 Å². The van der Waals surface area contributed by atoms with E-state index >= 15 is 0 Å². The number of benzene rings is 1. The maximum atomic E-state index is 12.8. The van der Waals surface area contributed by atoms with Crippen molar-refractivity contribution in [2.45, 2.75) is 4.90 Å². The summed E-state index contributed by atoms with van der Waals surface area (Å²) in [5.41, 5.74) is 0. The summed E-state index contributed by atoms with van der Waals surface area (Å²) >= 11 is 6.21. The Kier molecular flexibility index (Phi) is 3.22. The third-order valence-electron chi connectivity index (χ3n) is 1.16. The van der Waals surface area contributed by atoms with Crippen LogP contribution in [0.15, 0.2) is 21.5 Å². The van der Waals surface area contributed by atoms with E-state index in [1.807, 2.05) is 0 Å². The molecule has 0 spiro atoms. The van der Waals surface area contributed by atoms with Gasteiger partial charge in [-0.05, 0) is 28.1 Å². The van der Waals surface area contributed by atoms with Gasteiger partial charge in [0.2, 0.25) is 0 Å². The average molecular weight is 274 g/mol. The maximum Gasteiger partial charge on any atom is 0.189 e. The molecule has 0 aliphatic heterocycles. The van der Waals surface area contributed by atoms with Crippen LogP contribution in [0.1, 0.15) is 0 Å². The van der Waals surface area contributed by atoms with Crippen molar-refractivity contribution in [1.82, 2.24) is 0 Å². The van der Waals surface area contributed by atoms with E-state index in [1.165, 1.54) is 0 Å². The van der Waals surface area contributed by atoms with Gasteiger partial charge in [-0.1, -0.05) is 11.6 Å². The minimum absolute atomic E-state index is 0.203. The second kappa shape index (κ2) is 3.83. The van der Waals surface area contributed by atoms with Crippen molar-refractivity contribution in [2.75, 3.05) is 0 Å². The summed E-state index contributed by atoms with van der Waals surface area (Å²) in [7, 11) is 0. The van der Waals surface area contributed by atoms with Crippen LogP contribution >= 0.6 is 27.5 Å². The minimum atomic E-state index is -2.34. The summed E-state index contributed by atoms with van der Waals surface area (Å²) in [6, 6.07) is 2.16. The first-order chi connectivity index (χ1) is 5.52. The molecule has 0 amide bonds. The average Bonchev–Trinajstić information content (AvgIpc) is 1.96. The van der Waals surface area contributed by atoms with Gasteiger partial charge in [0.15, 0.2) is 11.1 Å². The van der Waals surface area contributed by atoms with Crippen LogP contribution in [0, 0.1) is 5.82 Å². The Morgan fingerprint density at radius 3 is 2.67 bits per heavy atom. The highest BCUT2D eigenvalue weighted by molar-refractivity contribution is 9.10. The molecular formula is C6H3BrClFO2S. The van der Waals surface area contributed by atoms with Crippen molar-refractivity contribution >= 4 is 38.6 Å². The van der Waals surface area contributed by atoms with Crippen molar-refractivity contribution < 1.29 is 13.2 Å². The number of hydrogen-bond donors (Lipinski definition) is 1. The summed E-state index contributed by atoms with van der Waals surface area (Å²) in [6.45, 7) is 0. The van der Waals surface area contributed by atoms with E-state index in [0.29, 0.717) is 4.47 Å². The fourth-order valence-electron chi connectivity index (χ4n) is 0.638. The molecule has 0 aromatic heterocycles. The standard InChI is InChI=1S/C6H3BrClFO2S/c7-3-1-5(9)6(12(10)11)2-4(3)8/h1-2H,(H,10,11). The zero-order valence-corrected chi connectivity index (χ0v) is 8.71. The normalized spacial score (nSPS) is 13.0. The molecule has 1 rings (SSSR count). The first-order valence-corrected chi connectivity index (χ1v) is 5.05. The van der Waals surface area contributed by atoms with E-state index in [4.69, 9.17) is 16.2 Å². The predicted octanol–water partition coefficient (Wildman–Crippen LogP) is 2.82. The molecule has 1 unspecified atom stereocenters. The molecule has 1 N–H and O–H groups in total. The van der Waals surface area contributed by atoms with Gasteiger partial charge in [0.1, 0.15) is 10.7 Å². The van der Waals surface area contributed by atoms with Crippen LogP contribution in [0.2, 0.25) is 5.02 Å². The molecule has 1 aromatic carbocycles. The summed E-state index contributed by atoms with van der Waals surface area (Å²) in [5.74, 6) is -0.757. The van der Waals surface area contributed by atoms with Crippen LogP contribution in [-0.4, -0.2) is 8.76 Å². The van der Waals surface area contributed by atoms with E-state index in [-0.39, 0.29) is 9.92 Å². The highest BCUT2D eigenvalue weighted by Gasteiger charge is 2.10. The minimum Gasteiger partial charge on any atom is -0.302 e. The Hall–Kier alpha value is 0.0300. The lowest BCUT2D eigenvalue weighted by atomic mass is 10.3. The summed E-state index contributed by atoms with van der Waals surface area (Å²) in [6.07, 6.45) is 0. The molecule has 66 valence electrons. The first-order valence-electron chi connectivity index (χ1n) is 2.78. The van der Waals surface area contributed by atoms with Crippen molar-refractivity contribution in [2.24, 2.45) is 0 Å². The van der Waals surface area contributed by atoms with Crippen LogP contribution in [-0.2, 0) is 11.1 Å². The van der Waals surface area contributed by atoms with Gasteiger partial charge in [0, 0.05) is 4.47 Å². The first kappa shape index (κ1) is 10.1. The fraction of sp³-hybridized carbons (Fsp3) is 0. The van der Waals surface area contributed by atoms with Gasteiger partial charge in [-0.3, -0.25) is 0 Å². The predicted molar refractivity (Wildman–Crippen MR) is 48.1 cm³/mol. The molecule has 0 heterocycles. The molecular weight excluding hydrogens is 270 g/mol. The number of hydrogen-bond acceptors (Lipinski definition) is 1. The summed E-state index contributed by atoms with van der Waals surface area (Å²) in [4.78, 5) is -0.316. The van der Waals surface area contributed by atoms with E-state index in [9.17, 15) is 8.60 Å². The van der Waals surface area contributed by atoms with Gasteiger partial charge in [0.05, 0.1) is 5.02 Å². The molecule has 0 bridgehead atoms. The molecule has 0 radical (unpaired) electrons. The van der Waals surface area contributed by atoms with Gasteiger partial charge in [0.25, 0.3) is 0 Å². The summed E-state index contributed by atoms with van der Waals surface area (Å²) in [5, 5.41) is 0.203. The monoisotopic (exact) mass is 272 g/mol. The molecule has 1 aromatic rings. The molecule has 1 atom stereocenters. The SMILES string of the molecule is O=S(O)c1cc(Cl)c(Br)cc1F. The third-order valence-corrected chi connectivity index (χ3v) is 3.05. The van der Waals surface area contributed by atoms with Crippen LogP contribution < -0.4 is 0 Å². The quantitative estimate of drug-likeness (QED) is 0.631. The molecule has 12 heavy (non-hydrogen) atoms. The second-order valence-corrected chi connectivity index (χ2v) is 4.15. The highest BCUT2D eigenvalue weighted by Crippen LogP contribution is 2.26. The number of halogens is 3. The van der Waals surface area contributed by atoms with Gasteiger partial charge in [-0.15, -0.1) is 0 Å². The lowest BCUT2D eigenvalue weighted by Crippen LogP contribution is -1.93. The van der Waals surface area contributed by atoms with E-state index in [2.05, 4.69) is 15.9 Å². The van der Waals surface area contributed by atoms with Crippen LogP contribution in [0.4, 0.5) is 4.39 Å². The van der Waals surface area contributed by atoms with Gasteiger partial charge < -0.3 is 4.55 Å². The zero-order chi connectivity index (χ0) is 9.30. The van der Waals surface area contributed by atoms with Gasteiger partial charge in [-0.25, -0.2) is 8.60 Å². The second-order valence-electron chi connectivity index (χ2n) is 1.95. The van der Waals surface area contributed by atoms with Gasteiger partial charge in [-0.2, -0.15) is 0 Å². The molecule has 0 saturated heterocycles. The van der Waals surface area contributed by atoms with Crippen LogP contribution in [0.5, 0.6) is 0 Å². The third kappa shape index (κ3) is 2.04. The number of rotatable bonds is 1. The Balaban J connectivity index is 3.33. The molecule has 0 saturated carbocycles. The lowest BCUT2D eigenvalue weighted by Gasteiger charge is -2.00. The zero-order valence-electron chi connectivity index (χ0n) is 5.55. The Morgan fingerprint density at radius 2 is 2.17 bits per heavy atom. The summed E-state index contributed by atoms with van der Waals surface area (Å²) < 4.78 is 32.3. The molecule has 0 fully saturated rings. The van der Waals surface area contributed by atoms with E-state index in [0.717, 1.165) is 12.1 Å². The molecule has 2 nitrogen and oxygen atoms in total. The molecule has 6 heteroatoms. The Morgan fingerprint density at radius 1 is 1.58 bits per heavy atom. The lowest BCUT2D eigenvalue weighted by molar-refractivity contribution is 0.544. The molecule has 0 aliphatic carbocycles. The van der Waals surface area contributed by atoms with E-state index < -0.39 is 16.9 Å². The van der Waals surface area contributed by atoms with Crippen molar-refractivity contribution in [1.29, 1.82) is 0 Å². The van der Waals surface area contributed by atoms with Gasteiger partial charge >= 0.3 is 0 Å². The maximum absolute atomic E-state index is 12.8. The van der Waals surface area contributed by atoms with Crippen LogP contribution in [0.25, 0.3) is 0 Å². The Bertz CT molecular complexity index is 345. The smallest absolute Gasteiger partial charge is 0.189 e. The van der Waals surface area contributed by atoms with Crippen LogP contribution in [0.3, 0.4) is 0 Å². The van der Waals surface area contributed by atoms with Crippen molar-refractivity contribution in [3.63, 3.8) is 0 Å².